The zero-order valence-corrected chi connectivity index (χ0v) is 11.1. The maximum Gasteiger partial charge on any atom is 0.131 e. The third-order valence-corrected chi connectivity index (χ3v) is 3.02. The van der Waals surface area contributed by atoms with Crippen LogP contribution >= 0.6 is 0 Å². The lowest BCUT2D eigenvalue weighted by Gasteiger charge is -2.18. The molecule has 19 heavy (non-hydrogen) atoms. The highest BCUT2D eigenvalue weighted by Crippen LogP contribution is 2.27. The van der Waals surface area contributed by atoms with Crippen LogP contribution in [0.3, 0.4) is 0 Å². The van der Waals surface area contributed by atoms with Crippen molar-refractivity contribution in [3.05, 3.63) is 48.0 Å². The van der Waals surface area contributed by atoms with Crippen molar-refractivity contribution in [2.45, 2.75) is 19.5 Å². The molecule has 5 heteroatoms. The number of hydrogen-bond donors (Lipinski definition) is 1. The zero-order chi connectivity index (χ0) is 13.7. The van der Waals surface area contributed by atoms with Crippen LogP contribution in [-0.2, 0) is 6.54 Å². The van der Waals surface area contributed by atoms with E-state index in [2.05, 4.69) is 10.4 Å². The molecular formula is C14H18FN3O. The predicted molar refractivity (Wildman–Crippen MR) is 71.6 cm³/mol. The summed E-state index contributed by atoms with van der Waals surface area (Å²) in [7, 11) is 1.55. The van der Waals surface area contributed by atoms with Gasteiger partial charge in [0.25, 0.3) is 0 Å². The summed E-state index contributed by atoms with van der Waals surface area (Å²) in [6.45, 7) is 3.37. The Morgan fingerprint density at radius 1 is 1.42 bits per heavy atom. The van der Waals surface area contributed by atoms with Gasteiger partial charge in [0, 0.05) is 30.5 Å². The molecule has 0 spiro atoms. The number of halogens is 1. The smallest absolute Gasteiger partial charge is 0.131 e. The lowest BCUT2D eigenvalue weighted by Crippen LogP contribution is -2.24. The molecule has 0 amide bonds. The minimum Gasteiger partial charge on any atom is -0.496 e. The Bertz CT molecular complexity index is 513. The Morgan fingerprint density at radius 3 is 2.95 bits per heavy atom. The molecule has 1 heterocycles. The van der Waals surface area contributed by atoms with Crippen LogP contribution in [0.25, 0.3) is 0 Å². The van der Waals surface area contributed by atoms with E-state index in [0.29, 0.717) is 17.9 Å². The van der Waals surface area contributed by atoms with Crippen LogP contribution in [-0.4, -0.2) is 23.4 Å². The van der Waals surface area contributed by atoms with Crippen molar-refractivity contribution in [1.82, 2.24) is 15.1 Å². The number of methoxy groups -OCH3 is 1. The molecule has 4 nitrogen and oxygen atoms in total. The molecule has 2 rings (SSSR count). The lowest BCUT2D eigenvalue weighted by atomic mass is 10.1. The van der Waals surface area contributed by atoms with Crippen molar-refractivity contribution in [3.8, 4) is 5.75 Å². The lowest BCUT2D eigenvalue weighted by molar-refractivity contribution is 0.392. The van der Waals surface area contributed by atoms with Gasteiger partial charge in [0.05, 0.1) is 13.7 Å². The Hall–Kier alpha value is -1.88. The fourth-order valence-electron chi connectivity index (χ4n) is 2.05. The van der Waals surface area contributed by atoms with Crippen LogP contribution in [0.4, 0.5) is 4.39 Å². The van der Waals surface area contributed by atoms with E-state index in [1.165, 1.54) is 6.07 Å². The molecule has 1 unspecified atom stereocenters. The molecular weight excluding hydrogens is 245 g/mol. The SMILES string of the molecule is COc1cccc(F)c1C(C)NCCn1cccn1. The standard InChI is InChI=1S/C14H18FN3O/c1-11(16-8-10-18-9-4-7-17-18)14-12(15)5-3-6-13(14)19-2/h3-7,9,11,16H,8,10H2,1-2H3. The van der Waals surface area contributed by atoms with Crippen molar-refractivity contribution in [2.75, 3.05) is 13.7 Å². The molecule has 0 saturated carbocycles. The van der Waals surface area contributed by atoms with Crippen LogP contribution < -0.4 is 10.1 Å². The van der Waals surface area contributed by atoms with Gasteiger partial charge >= 0.3 is 0 Å². The number of nitrogens with one attached hydrogen (secondary N) is 1. The van der Waals surface area contributed by atoms with Gasteiger partial charge in [-0.1, -0.05) is 6.07 Å². The van der Waals surface area contributed by atoms with Crippen LogP contribution in [0.1, 0.15) is 18.5 Å². The Balaban J connectivity index is 1.97. The second-order valence-corrected chi connectivity index (χ2v) is 4.30. The summed E-state index contributed by atoms with van der Waals surface area (Å²) < 4.78 is 20.9. The molecule has 0 fully saturated rings. The van der Waals surface area contributed by atoms with E-state index in [1.807, 2.05) is 23.9 Å². The normalized spacial score (nSPS) is 12.4. The highest BCUT2D eigenvalue weighted by molar-refractivity contribution is 5.36. The highest BCUT2D eigenvalue weighted by Gasteiger charge is 2.15. The van der Waals surface area contributed by atoms with E-state index in [0.717, 1.165) is 6.54 Å². The first-order valence-corrected chi connectivity index (χ1v) is 6.25. The van der Waals surface area contributed by atoms with Gasteiger partial charge in [-0.25, -0.2) is 4.39 Å². The monoisotopic (exact) mass is 263 g/mol. The summed E-state index contributed by atoms with van der Waals surface area (Å²) in [5.74, 6) is 0.317. The first-order valence-electron chi connectivity index (χ1n) is 6.25. The predicted octanol–water partition coefficient (Wildman–Crippen LogP) is 2.38. The molecule has 1 N–H and O–H groups in total. The van der Waals surface area contributed by atoms with Gasteiger partial charge in [0.1, 0.15) is 11.6 Å². The van der Waals surface area contributed by atoms with E-state index in [1.54, 1.807) is 25.4 Å². The zero-order valence-electron chi connectivity index (χ0n) is 11.1. The van der Waals surface area contributed by atoms with Gasteiger partial charge in [0.2, 0.25) is 0 Å². The summed E-state index contributed by atoms with van der Waals surface area (Å²) in [6, 6.07) is 6.62. The van der Waals surface area contributed by atoms with Crippen LogP contribution in [0.2, 0.25) is 0 Å². The van der Waals surface area contributed by atoms with Crippen LogP contribution in [0.5, 0.6) is 5.75 Å². The van der Waals surface area contributed by atoms with Gasteiger partial charge in [-0.3, -0.25) is 4.68 Å². The first kappa shape index (κ1) is 13.5. The summed E-state index contributed by atoms with van der Waals surface area (Å²) in [5, 5.41) is 7.39. The highest BCUT2D eigenvalue weighted by atomic mass is 19.1. The third kappa shape index (κ3) is 3.32. The number of hydrogen-bond acceptors (Lipinski definition) is 3. The second kappa shape index (κ2) is 6.33. The average molecular weight is 263 g/mol. The van der Waals surface area contributed by atoms with Gasteiger partial charge in [0.15, 0.2) is 0 Å². The Labute approximate surface area is 112 Å². The van der Waals surface area contributed by atoms with Crippen molar-refractivity contribution in [3.63, 3.8) is 0 Å². The maximum atomic E-state index is 13.9. The van der Waals surface area contributed by atoms with Crippen molar-refractivity contribution < 1.29 is 9.13 Å². The van der Waals surface area contributed by atoms with Crippen molar-refractivity contribution in [2.24, 2.45) is 0 Å². The number of nitrogens with zero attached hydrogens (tertiary/aromatic N) is 2. The molecule has 0 saturated heterocycles. The number of benzene rings is 1. The van der Waals surface area contributed by atoms with Gasteiger partial charge in [-0.05, 0) is 25.1 Å². The molecule has 1 atom stereocenters. The molecule has 0 radical (unpaired) electrons. The molecule has 102 valence electrons. The summed E-state index contributed by atoms with van der Waals surface area (Å²) >= 11 is 0. The fraction of sp³-hybridized carbons (Fsp3) is 0.357. The first-order chi connectivity index (χ1) is 9.22. The largest absolute Gasteiger partial charge is 0.496 e. The molecule has 0 aliphatic rings. The Morgan fingerprint density at radius 2 is 2.26 bits per heavy atom. The second-order valence-electron chi connectivity index (χ2n) is 4.30. The Kier molecular flexibility index (Phi) is 4.52. The minimum atomic E-state index is -0.251. The average Bonchev–Trinajstić information content (AvgIpc) is 2.91. The quantitative estimate of drug-likeness (QED) is 0.869. The van der Waals surface area contributed by atoms with Gasteiger partial charge in [-0.15, -0.1) is 0 Å². The molecule has 0 bridgehead atoms. The maximum absolute atomic E-state index is 13.9. The number of ether oxygens (including phenoxy) is 1. The molecule has 0 aliphatic heterocycles. The number of rotatable bonds is 6. The van der Waals surface area contributed by atoms with E-state index in [4.69, 9.17) is 4.74 Å². The number of aromatic nitrogens is 2. The molecule has 1 aromatic heterocycles. The summed E-state index contributed by atoms with van der Waals surface area (Å²) in [5.41, 5.74) is 0.561. The molecule has 2 aromatic rings. The van der Waals surface area contributed by atoms with Crippen LogP contribution in [0.15, 0.2) is 36.7 Å². The summed E-state index contributed by atoms with van der Waals surface area (Å²) in [6.07, 6.45) is 3.64. The van der Waals surface area contributed by atoms with E-state index >= 15 is 0 Å². The summed E-state index contributed by atoms with van der Waals surface area (Å²) in [4.78, 5) is 0. The van der Waals surface area contributed by atoms with E-state index < -0.39 is 0 Å². The fourth-order valence-corrected chi connectivity index (χ4v) is 2.05. The van der Waals surface area contributed by atoms with Crippen molar-refractivity contribution >= 4 is 0 Å². The van der Waals surface area contributed by atoms with E-state index in [9.17, 15) is 4.39 Å². The van der Waals surface area contributed by atoms with Crippen LogP contribution in [0, 0.1) is 5.82 Å². The van der Waals surface area contributed by atoms with Gasteiger partial charge in [-0.2, -0.15) is 5.10 Å². The van der Waals surface area contributed by atoms with E-state index in [-0.39, 0.29) is 11.9 Å². The van der Waals surface area contributed by atoms with Gasteiger partial charge < -0.3 is 10.1 Å². The molecule has 0 aliphatic carbocycles. The minimum absolute atomic E-state index is 0.119. The van der Waals surface area contributed by atoms with Crippen molar-refractivity contribution in [1.29, 1.82) is 0 Å². The third-order valence-electron chi connectivity index (χ3n) is 3.02. The molecule has 1 aromatic carbocycles. The topological polar surface area (TPSA) is 39.1 Å².